The zero-order valence-corrected chi connectivity index (χ0v) is 19.7. The lowest BCUT2D eigenvalue weighted by Gasteiger charge is -2.22. The van der Waals surface area contributed by atoms with Crippen molar-refractivity contribution in [3.8, 4) is 0 Å². The van der Waals surface area contributed by atoms with Crippen molar-refractivity contribution in [1.82, 2.24) is 4.98 Å². The van der Waals surface area contributed by atoms with Gasteiger partial charge in [-0.15, -0.1) is 0 Å². The molecule has 7 nitrogen and oxygen atoms in total. The van der Waals surface area contributed by atoms with Crippen molar-refractivity contribution >= 4 is 32.7 Å². The van der Waals surface area contributed by atoms with Crippen LogP contribution in [-0.2, 0) is 22.6 Å². The first-order valence-electron chi connectivity index (χ1n) is 10.9. The highest BCUT2D eigenvalue weighted by atomic mass is 32.2. The van der Waals surface area contributed by atoms with Gasteiger partial charge >= 0.3 is 6.18 Å². The number of alkyl halides is 3. The van der Waals surface area contributed by atoms with Gasteiger partial charge in [0.1, 0.15) is 12.0 Å². The number of hydrogen-bond donors (Lipinski definition) is 3. The third-order valence-corrected chi connectivity index (χ3v) is 6.82. The third-order valence-electron chi connectivity index (χ3n) is 5.71. The Labute approximate surface area is 201 Å². The fourth-order valence-electron chi connectivity index (χ4n) is 3.91. The van der Waals surface area contributed by atoms with Gasteiger partial charge in [-0.05, 0) is 54.8 Å². The van der Waals surface area contributed by atoms with Crippen LogP contribution in [0.25, 0.3) is 0 Å². The average Bonchev–Trinajstić information content (AvgIpc) is 3.23. The number of sulfone groups is 1. The summed E-state index contributed by atoms with van der Waals surface area (Å²) < 4.78 is 64.3. The Morgan fingerprint density at radius 3 is 2.51 bits per heavy atom. The molecule has 1 aliphatic heterocycles. The molecule has 35 heavy (non-hydrogen) atoms. The molecule has 4 rings (SSSR count). The van der Waals surface area contributed by atoms with E-state index in [-0.39, 0.29) is 22.9 Å². The minimum absolute atomic E-state index is 0.0112. The first-order valence-corrected chi connectivity index (χ1v) is 12.8. The quantitative estimate of drug-likeness (QED) is 0.425. The second-order valence-electron chi connectivity index (χ2n) is 8.37. The molecule has 3 N–H and O–H groups in total. The van der Waals surface area contributed by atoms with Crippen LogP contribution in [0.5, 0.6) is 0 Å². The van der Waals surface area contributed by atoms with Gasteiger partial charge in [0.05, 0.1) is 16.1 Å². The van der Waals surface area contributed by atoms with E-state index in [1.165, 1.54) is 18.2 Å². The third kappa shape index (κ3) is 6.04. The number of halogens is 3. The largest absolute Gasteiger partial charge is 0.419 e. The fraction of sp³-hybridized carbons (Fsp3) is 0.292. The van der Waals surface area contributed by atoms with Crippen LogP contribution in [0.1, 0.15) is 24.0 Å². The Bertz CT molecular complexity index is 1300. The van der Waals surface area contributed by atoms with Gasteiger partial charge < -0.3 is 20.6 Å². The van der Waals surface area contributed by atoms with Crippen LogP contribution in [0.2, 0.25) is 0 Å². The molecule has 0 amide bonds. The van der Waals surface area contributed by atoms with Crippen LogP contribution < -0.4 is 15.5 Å². The number of nitrogens with one attached hydrogen (secondary N) is 2. The average molecular weight is 507 g/mol. The molecule has 0 radical (unpaired) electrons. The maximum atomic E-state index is 13.6. The normalized spacial score (nSPS) is 16.4. The summed E-state index contributed by atoms with van der Waals surface area (Å²) in [5, 5.41) is 15.8. The summed E-state index contributed by atoms with van der Waals surface area (Å²) >= 11 is 0. The zero-order chi connectivity index (χ0) is 25.2. The van der Waals surface area contributed by atoms with Crippen LogP contribution in [0.4, 0.5) is 36.1 Å². The molecule has 0 bridgehead atoms. The Morgan fingerprint density at radius 1 is 1.14 bits per heavy atom. The maximum absolute atomic E-state index is 13.6. The number of aliphatic hydroxyl groups excluding tert-OH is 1. The minimum Gasteiger partial charge on any atom is -0.380 e. The number of pyridine rings is 1. The lowest BCUT2D eigenvalue weighted by Crippen LogP contribution is -2.28. The SMILES string of the molecule is CS(=O)(=O)c1cccc(CNc2cc(Nc3ccc(N4CCCC4O)cc3)ncc2C(F)(F)F)c1. The van der Waals surface area contributed by atoms with Gasteiger partial charge in [-0.2, -0.15) is 13.2 Å². The van der Waals surface area contributed by atoms with E-state index < -0.39 is 27.8 Å². The number of anilines is 4. The van der Waals surface area contributed by atoms with E-state index in [1.807, 2.05) is 17.0 Å². The second kappa shape index (κ2) is 9.74. The summed E-state index contributed by atoms with van der Waals surface area (Å²) in [4.78, 5) is 5.90. The van der Waals surface area contributed by atoms with Crippen molar-refractivity contribution < 1.29 is 26.7 Å². The summed E-state index contributed by atoms with van der Waals surface area (Å²) in [7, 11) is -3.44. The maximum Gasteiger partial charge on any atom is 0.419 e. The Morgan fingerprint density at radius 2 is 1.89 bits per heavy atom. The molecular formula is C24H25F3N4O3S. The summed E-state index contributed by atoms with van der Waals surface area (Å²) in [6, 6.07) is 14.5. The van der Waals surface area contributed by atoms with Crippen molar-refractivity contribution in [2.75, 3.05) is 28.3 Å². The van der Waals surface area contributed by atoms with Crippen molar-refractivity contribution in [1.29, 1.82) is 0 Å². The van der Waals surface area contributed by atoms with E-state index >= 15 is 0 Å². The van der Waals surface area contributed by atoms with Gasteiger partial charge in [0.15, 0.2) is 9.84 Å². The van der Waals surface area contributed by atoms with E-state index in [2.05, 4.69) is 15.6 Å². The van der Waals surface area contributed by atoms with Crippen LogP contribution in [-0.4, -0.2) is 37.5 Å². The minimum atomic E-state index is -4.62. The Kier molecular flexibility index (Phi) is 6.91. The van der Waals surface area contributed by atoms with E-state index in [0.717, 1.165) is 31.1 Å². The highest BCUT2D eigenvalue weighted by molar-refractivity contribution is 7.90. The topological polar surface area (TPSA) is 94.6 Å². The molecule has 11 heteroatoms. The number of benzene rings is 2. The molecule has 0 aliphatic carbocycles. The molecule has 1 aliphatic rings. The lowest BCUT2D eigenvalue weighted by atomic mass is 10.2. The van der Waals surface area contributed by atoms with Gasteiger partial charge in [-0.25, -0.2) is 13.4 Å². The predicted molar refractivity (Wildman–Crippen MR) is 128 cm³/mol. The smallest absolute Gasteiger partial charge is 0.380 e. The zero-order valence-electron chi connectivity index (χ0n) is 18.9. The number of nitrogens with zero attached hydrogens (tertiary/aromatic N) is 2. The molecular weight excluding hydrogens is 481 g/mol. The fourth-order valence-corrected chi connectivity index (χ4v) is 4.60. The number of hydrogen-bond acceptors (Lipinski definition) is 7. The number of aromatic nitrogens is 1. The van der Waals surface area contributed by atoms with E-state index in [1.54, 1.807) is 24.3 Å². The standard InChI is InChI=1S/C24H25F3N4O3S/c1-35(33,34)19-5-2-4-16(12-19)14-28-21-13-22(29-15-20(21)24(25,26)27)30-17-7-9-18(10-8-17)31-11-3-6-23(31)32/h2,4-5,7-10,12-13,15,23,32H,3,6,11,14H2,1H3,(H2,28,29,30). The van der Waals surface area contributed by atoms with E-state index in [9.17, 15) is 26.7 Å². The molecule has 1 saturated heterocycles. The van der Waals surface area contributed by atoms with Crippen molar-refractivity contribution in [3.63, 3.8) is 0 Å². The van der Waals surface area contributed by atoms with Gasteiger partial charge in [-0.1, -0.05) is 12.1 Å². The van der Waals surface area contributed by atoms with Crippen LogP contribution in [0.15, 0.2) is 65.7 Å². The lowest BCUT2D eigenvalue weighted by molar-refractivity contribution is -0.137. The van der Waals surface area contributed by atoms with Gasteiger partial charge in [-0.3, -0.25) is 0 Å². The molecule has 0 saturated carbocycles. The highest BCUT2D eigenvalue weighted by Gasteiger charge is 2.34. The molecule has 1 aromatic heterocycles. The summed E-state index contributed by atoms with van der Waals surface area (Å²) in [5.74, 6) is 0.208. The molecule has 2 aromatic carbocycles. The summed E-state index contributed by atoms with van der Waals surface area (Å²) in [6.45, 7) is 0.749. The predicted octanol–water partition coefficient (Wildman–Crippen LogP) is 4.78. The molecule has 1 atom stereocenters. The van der Waals surface area contributed by atoms with Crippen LogP contribution in [0.3, 0.4) is 0 Å². The van der Waals surface area contributed by atoms with Crippen molar-refractivity contribution in [3.05, 3.63) is 71.9 Å². The van der Waals surface area contributed by atoms with Gasteiger partial charge in [0.25, 0.3) is 0 Å². The molecule has 1 unspecified atom stereocenters. The molecule has 3 aromatic rings. The number of rotatable bonds is 7. The van der Waals surface area contributed by atoms with Gasteiger partial charge in [0, 0.05) is 43.0 Å². The van der Waals surface area contributed by atoms with Crippen LogP contribution >= 0.6 is 0 Å². The van der Waals surface area contributed by atoms with Gasteiger partial charge in [0.2, 0.25) is 0 Å². The Hall–Kier alpha value is -3.31. The number of aliphatic hydroxyl groups is 1. The molecule has 0 spiro atoms. The molecule has 1 fully saturated rings. The second-order valence-corrected chi connectivity index (χ2v) is 10.4. The van der Waals surface area contributed by atoms with E-state index in [0.29, 0.717) is 17.7 Å². The van der Waals surface area contributed by atoms with Crippen LogP contribution in [0, 0.1) is 0 Å². The highest BCUT2D eigenvalue weighted by Crippen LogP contribution is 2.36. The van der Waals surface area contributed by atoms with Crippen molar-refractivity contribution in [2.24, 2.45) is 0 Å². The van der Waals surface area contributed by atoms with Crippen molar-refractivity contribution in [2.45, 2.75) is 36.7 Å². The monoisotopic (exact) mass is 506 g/mol. The first-order chi connectivity index (χ1) is 16.5. The molecule has 2 heterocycles. The van der Waals surface area contributed by atoms with E-state index in [4.69, 9.17) is 0 Å². The Balaban J connectivity index is 1.53. The first kappa shape index (κ1) is 24.8. The summed E-state index contributed by atoms with van der Waals surface area (Å²) in [5.41, 5.74) is 0.894. The molecule has 186 valence electrons. The summed E-state index contributed by atoms with van der Waals surface area (Å²) in [6.07, 6.45) is -1.69.